The summed E-state index contributed by atoms with van der Waals surface area (Å²) in [4.78, 5) is 24.7. The van der Waals surface area contributed by atoms with Gasteiger partial charge in [0.2, 0.25) is 5.91 Å². The zero-order valence-corrected chi connectivity index (χ0v) is 10.2. The molecule has 2 N–H and O–H groups in total. The highest BCUT2D eigenvalue weighted by atomic mass is 16.4. The third kappa shape index (κ3) is 2.36. The van der Waals surface area contributed by atoms with Gasteiger partial charge < -0.3 is 15.3 Å². The third-order valence-corrected chi connectivity index (χ3v) is 3.17. The highest BCUT2D eigenvalue weighted by Gasteiger charge is 2.31. The monoisotopic (exact) mass is 248 g/mol. The summed E-state index contributed by atoms with van der Waals surface area (Å²) in [6, 6.07) is 7.40. The first-order valence-corrected chi connectivity index (χ1v) is 5.86. The molecule has 1 aliphatic heterocycles. The van der Waals surface area contributed by atoms with E-state index < -0.39 is 11.9 Å². The predicted octanol–water partition coefficient (Wildman–Crippen LogP) is 0.416. The zero-order chi connectivity index (χ0) is 13.1. The molecule has 1 amide bonds. The quantitative estimate of drug-likeness (QED) is 0.813. The number of carbonyl (C=O) groups is 2. The molecular formula is C13H16N2O3. The topological polar surface area (TPSA) is 69.6 Å². The number of rotatable bonds is 3. The van der Waals surface area contributed by atoms with Crippen molar-refractivity contribution in [1.82, 2.24) is 10.2 Å². The molecule has 5 heteroatoms. The standard InChI is InChI=1S/C13H16N2O3/c1-14-6-12(16)15-7-9-4-2-3-5-10(9)11(8-15)13(17)18/h2-5,11,14H,6-8H2,1H3,(H,17,18). The molecule has 1 aromatic carbocycles. The van der Waals surface area contributed by atoms with E-state index in [-0.39, 0.29) is 19.0 Å². The summed E-state index contributed by atoms with van der Waals surface area (Å²) in [6.45, 7) is 0.960. The normalized spacial score (nSPS) is 18.3. The largest absolute Gasteiger partial charge is 0.481 e. The van der Waals surface area contributed by atoms with Gasteiger partial charge >= 0.3 is 5.97 Å². The molecule has 96 valence electrons. The Labute approximate surface area is 105 Å². The van der Waals surface area contributed by atoms with Crippen molar-refractivity contribution in [3.05, 3.63) is 35.4 Å². The van der Waals surface area contributed by atoms with Crippen LogP contribution in [0.1, 0.15) is 17.0 Å². The van der Waals surface area contributed by atoms with E-state index in [1.165, 1.54) is 0 Å². The highest BCUT2D eigenvalue weighted by Crippen LogP contribution is 2.28. The Morgan fingerprint density at radius 2 is 2.17 bits per heavy atom. The van der Waals surface area contributed by atoms with E-state index in [1.807, 2.05) is 24.3 Å². The molecule has 0 aliphatic carbocycles. The van der Waals surface area contributed by atoms with Gasteiger partial charge in [0.1, 0.15) is 0 Å². The number of nitrogens with zero attached hydrogens (tertiary/aromatic N) is 1. The molecule has 1 unspecified atom stereocenters. The van der Waals surface area contributed by atoms with E-state index in [1.54, 1.807) is 11.9 Å². The van der Waals surface area contributed by atoms with Crippen LogP contribution in [0.4, 0.5) is 0 Å². The molecule has 5 nitrogen and oxygen atoms in total. The first kappa shape index (κ1) is 12.6. The Hall–Kier alpha value is -1.88. The van der Waals surface area contributed by atoms with Crippen LogP contribution in [0.2, 0.25) is 0 Å². The zero-order valence-electron chi connectivity index (χ0n) is 10.2. The van der Waals surface area contributed by atoms with E-state index in [9.17, 15) is 14.7 Å². The molecular weight excluding hydrogens is 232 g/mol. The maximum Gasteiger partial charge on any atom is 0.312 e. The first-order chi connectivity index (χ1) is 8.63. The number of likely N-dealkylation sites (N-methyl/N-ethyl adjacent to an activating group) is 1. The van der Waals surface area contributed by atoms with E-state index in [2.05, 4.69) is 5.32 Å². The minimum atomic E-state index is -0.885. The number of benzene rings is 1. The van der Waals surface area contributed by atoms with Crippen molar-refractivity contribution >= 4 is 11.9 Å². The van der Waals surface area contributed by atoms with Gasteiger partial charge in [-0.1, -0.05) is 24.3 Å². The van der Waals surface area contributed by atoms with Gasteiger partial charge in [-0.3, -0.25) is 9.59 Å². The van der Waals surface area contributed by atoms with E-state index >= 15 is 0 Å². The molecule has 1 atom stereocenters. The Morgan fingerprint density at radius 3 is 2.83 bits per heavy atom. The Balaban J connectivity index is 2.28. The lowest BCUT2D eigenvalue weighted by Gasteiger charge is -2.32. The van der Waals surface area contributed by atoms with Gasteiger partial charge in [0.05, 0.1) is 12.5 Å². The van der Waals surface area contributed by atoms with Crippen molar-refractivity contribution in [2.24, 2.45) is 0 Å². The summed E-state index contributed by atoms with van der Waals surface area (Å²) in [5.74, 6) is -1.58. The Morgan fingerprint density at radius 1 is 1.44 bits per heavy atom. The van der Waals surface area contributed by atoms with Crippen molar-refractivity contribution in [3.63, 3.8) is 0 Å². The molecule has 0 fully saturated rings. The maximum atomic E-state index is 11.8. The van der Waals surface area contributed by atoms with Crippen molar-refractivity contribution in [2.75, 3.05) is 20.1 Å². The predicted molar refractivity (Wildman–Crippen MR) is 66.2 cm³/mol. The van der Waals surface area contributed by atoms with Crippen molar-refractivity contribution in [3.8, 4) is 0 Å². The minimum absolute atomic E-state index is 0.0711. The van der Waals surface area contributed by atoms with Gasteiger partial charge in [0, 0.05) is 13.1 Å². The summed E-state index contributed by atoms with van der Waals surface area (Å²) >= 11 is 0. The second-order valence-electron chi connectivity index (χ2n) is 4.39. The number of fused-ring (bicyclic) bond motifs is 1. The molecule has 0 saturated carbocycles. The summed E-state index contributed by atoms with van der Waals surface area (Å²) in [5.41, 5.74) is 1.74. The second-order valence-corrected chi connectivity index (χ2v) is 4.39. The fraction of sp³-hybridized carbons (Fsp3) is 0.385. The molecule has 0 bridgehead atoms. The minimum Gasteiger partial charge on any atom is -0.481 e. The molecule has 1 heterocycles. The Bertz CT molecular complexity index is 473. The molecule has 0 saturated heterocycles. The number of carbonyl (C=O) groups excluding carboxylic acids is 1. The van der Waals surface area contributed by atoms with Crippen LogP contribution in [-0.4, -0.2) is 42.0 Å². The van der Waals surface area contributed by atoms with Crippen LogP contribution in [-0.2, 0) is 16.1 Å². The van der Waals surface area contributed by atoms with Crippen LogP contribution in [0.25, 0.3) is 0 Å². The number of nitrogens with one attached hydrogen (secondary N) is 1. The molecule has 0 radical (unpaired) electrons. The molecule has 18 heavy (non-hydrogen) atoms. The van der Waals surface area contributed by atoms with Crippen LogP contribution in [0.3, 0.4) is 0 Å². The lowest BCUT2D eigenvalue weighted by molar-refractivity contribution is -0.141. The van der Waals surface area contributed by atoms with Gasteiger partial charge in [-0.2, -0.15) is 0 Å². The van der Waals surface area contributed by atoms with Crippen LogP contribution in [0.5, 0.6) is 0 Å². The molecule has 1 aliphatic rings. The number of carboxylic acid groups (broad SMARTS) is 1. The third-order valence-electron chi connectivity index (χ3n) is 3.17. The number of carboxylic acids is 1. The lowest BCUT2D eigenvalue weighted by atomic mass is 9.90. The summed E-state index contributed by atoms with van der Waals surface area (Å²) < 4.78 is 0. The average Bonchev–Trinajstić information content (AvgIpc) is 2.37. The Kier molecular flexibility index (Phi) is 3.62. The molecule has 0 aromatic heterocycles. The highest BCUT2D eigenvalue weighted by molar-refractivity contribution is 5.82. The van der Waals surface area contributed by atoms with Gasteiger partial charge in [-0.05, 0) is 18.2 Å². The maximum absolute atomic E-state index is 11.8. The average molecular weight is 248 g/mol. The molecule has 2 rings (SSSR count). The number of aliphatic carboxylic acids is 1. The van der Waals surface area contributed by atoms with Gasteiger partial charge in [-0.15, -0.1) is 0 Å². The van der Waals surface area contributed by atoms with Crippen LogP contribution >= 0.6 is 0 Å². The van der Waals surface area contributed by atoms with Crippen LogP contribution in [0.15, 0.2) is 24.3 Å². The summed E-state index contributed by atoms with van der Waals surface area (Å²) in [7, 11) is 1.70. The molecule has 0 spiro atoms. The summed E-state index contributed by atoms with van der Waals surface area (Å²) in [5, 5.41) is 12.1. The fourth-order valence-electron chi connectivity index (χ4n) is 2.27. The number of hydrogen-bond acceptors (Lipinski definition) is 3. The lowest BCUT2D eigenvalue weighted by Crippen LogP contribution is -2.43. The number of amides is 1. The molecule has 1 aromatic rings. The smallest absolute Gasteiger partial charge is 0.312 e. The van der Waals surface area contributed by atoms with Gasteiger partial charge in [0.15, 0.2) is 0 Å². The first-order valence-electron chi connectivity index (χ1n) is 5.86. The van der Waals surface area contributed by atoms with Gasteiger partial charge in [-0.25, -0.2) is 0 Å². The van der Waals surface area contributed by atoms with Crippen molar-refractivity contribution < 1.29 is 14.7 Å². The van der Waals surface area contributed by atoms with Crippen molar-refractivity contribution in [2.45, 2.75) is 12.5 Å². The van der Waals surface area contributed by atoms with E-state index in [0.29, 0.717) is 6.54 Å². The van der Waals surface area contributed by atoms with Crippen LogP contribution < -0.4 is 5.32 Å². The van der Waals surface area contributed by atoms with E-state index in [0.717, 1.165) is 11.1 Å². The fourth-order valence-corrected chi connectivity index (χ4v) is 2.27. The summed E-state index contributed by atoms with van der Waals surface area (Å²) in [6.07, 6.45) is 0. The van der Waals surface area contributed by atoms with Crippen LogP contribution in [0, 0.1) is 0 Å². The van der Waals surface area contributed by atoms with E-state index in [4.69, 9.17) is 0 Å². The van der Waals surface area contributed by atoms with Gasteiger partial charge in [0.25, 0.3) is 0 Å². The van der Waals surface area contributed by atoms with Crippen molar-refractivity contribution in [1.29, 1.82) is 0 Å². The second kappa shape index (κ2) is 5.18. The number of hydrogen-bond donors (Lipinski definition) is 2. The SMILES string of the molecule is CNCC(=O)N1Cc2ccccc2C(C(=O)O)C1.